The standard InChI is InChI=1S/C18H19NO2/c1-3-7-17(20)19-16-11-10-13(2)12-15(16)18(21)14-8-5-4-6-9-14/h4-6,8-12H,3,7H2,1-2H3,(H,19,20). The van der Waals surface area contributed by atoms with Crippen molar-refractivity contribution in [1.82, 2.24) is 0 Å². The Bertz CT molecular complexity index is 648. The van der Waals surface area contributed by atoms with Gasteiger partial charge in [0.25, 0.3) is 0 Å². The number of rotatable bonds is 5. The van der Waals surface area contributed by atoms with Crippen LogP contribution < -0.4 is 5.32 Å². The zero-order valence-electron chi connectivity index (χ0n) is 12.3. The van der Waals surface area contributed by atoms with Crippen LogP contribution in [0.2, 0.25) is 0 Å². The smallest absolute Gasteiger partial charge is 0.224 e. The van der Waals surface area contributed by atoms with Crippen molar-refractivity contribution in [2.75, 3.05) is 5.32 Å². The average Bonchev–Trinajstić information content (AvgIpc) is 2.49. The fourth-order valence-electron chi connectivity index (χ4n) is 2.14. The second-order valence-electron chi connectivity index (χ2n) is 5.04. The number of aryl methyl sites for hydroxylation is 1. The fourth-order valence-corrected chi connectivity index (χ4v) is 2.14. The quantitative estimate of drug-likeness (QED) is 0.843. The van der Waals surface area contributed by atoms with Crippen LogP contribution in [0, 0.1) is 6.92 Å². The van der Waals surface area contributed by atoms with Crippen LogP contribution >= 0.6 is 0 Å². The molecule has 0 bridgehead atoms. The van der Waals surface area contributed by atoms with Crippen molar-refractivity contribution in [3.8, 4) is 0 Å². The van der Waals surface area contributed by atoms with E-state index in [9.17, 15) is 9.59 Å². The third-order valence-corrected chi connectivity index (χ3v) is 3.21. The molecule has 0 aromatic heterocycles. The molecule has 0 atom stereocenters. The highest BCUT2D eigenvalue weighted by molar-refractivity contribution is 6.13. The highest BCUT2D eigenvalue weighted by Crippen LogP contribution is 2.21. The lowest BCUT2D eigenvalue weighted by Gasteiger charge is -2.11. The Morgan fingerprint density at radius 2 is 1.76 bits per heavy atom. The molecule has 0 aliphatic rings. The van der Waals surface area contributed by atoms with E-state index in [0.717, 1.165) is 12.0 Å². The fraction of sp³-hybridized carbons (Fsp3) is 0.222. The van der Waals surface area contributed by atoms with Gasteiger partial charge in [0.15, 0.2) is 5.78 Å². The lowest BCUT2D eigenvalue weighted by Crippen LogP contribution is -2.14. The minimum atomic E-state index is -0.0777. The molecule has 0 saturated carbocycles. The van der Waals surface area contributed by atoms with Crippen molar-refractivity contribution in [2.24, 2.45) is 0 Å². The molecule has 0 unspecified atom stereocenters. The van der Waals surface area contributed by atoms with Gasteiger partial charge in [0, 0.05) is 17.5 Å². The molecule has 0 fully saturated rings. The van der Waals surface area contributed by atoms with Gasteiger partial charge in [0.1, 0.15) is 0 Å². The Balaban J connectivity index is 2.35. The van der Waals surface area contributed by atoms with Gasteiger partial charge in [-0.05, 0) is 25.5 Å². The summed E-state index contributed by atoms with van der Waals surface area (Å²) in [7, 11) is 0. The molecule has 0 saturated heterocycles. The predicted octanol–water partition coefficient (Wildman–Crippen LogP) is 3.96. The molecule has 1 N–H and O–H groups in total. The number of hydrogen-bond donors (Lipinski definition) is 1. The lowest BCUT2D eigenvalue weighted by molar-refractivity contribution is -0.116. The molecule has 2 rings (SSSR count). The van der Waals surface area contributed by atoms with E-state index in [1.165, 1.54) is 0 Å². The first-order valence-electron chi connectivity index (χ1n) is 7.12. The van der Waals surface area contributed by atoms with Crippen LogP contribution in [-0.2, 0) is 4.79 Å². The Kier molecular flexibility index (Phi) is 4.88. The van der Waals surface area contributed by atoms with Gasteiger partial charge in [-0.25, -0.2) is 0 Å². The zero-order valence-corrected chi connectivity index (χ0v) is 12.3. The Hall–Kier alpha value is -2.42. The van der Waals surface area contributed by atoms with Crippen LogP contribution in [0.25, 0.3) is 0 Å². The summed E-state index contributed by atoms with van der Waals surface area (Å²) in [6.07, 6.45) is 1.23. The van der Waals surface area contributed by atoms with E-state index in [1.54, 1.807) is 18.2 Å². The summed E-state index contributed by atoms with van der Waals surface area (Å²) < 4.78 is 0. The number of carbonyl (C=O) groups excluding carboxylic acids is 2. The first-order chi connectivity index (χ1) is 10.1. The molecular formula is C18H19NO2. The van der Waals surface area contributed by atoms with Gasteiger partial charge in [0.2, 0.25) is 5.91 Å². The Labute approximate surface area is 125 Å². The van der Waals surface area contributed by atoms with Crippen molar-refractivity contribution in [3.63, 3.8) is 0 Å². The molecule has 3 heteroatoms. The van der Waals surface area contributed by atoms with E-state index in [-0.39, 0.29) is 11.7 Å². The number of benzene rings is 2. The topological polar surface area (TPSA) is 46.2 Å². The van der Waals surface area contributed by atoms with Gasteiger partial charge >= 0.3 is 0 Å². The van der Waals surface area contributed by atoms with Crippen molar-refractivity contribution in [2.45, 2.75) is 26.7 Å². The maximum atomic E-state index is 12.6. The summed E-state index contributed by atoms with van der Waals surface area (Å²) in [4.78, 5) is 24.4. The third kappa shape index (κ3) is 3.78. The van der Waals surface area contributed by atoms with Gasteiger partial charge in [-0.3, -0.25) is 9.59 Å². The van der Waals surface area contributed by atoms with Gasteiger partial charge < -0.3 is 5.32 Å². The zero-order chi connectivity index (χ0) is 15.2. The van der Waals surface area contributed by atoms with Gasteiger partial charge in [0.05, 0.1) is 5.69 Å². The second kappa shape index (κ2) is 6.84. The van der Waals surface area contributed by atoms with Crippen molar-refractivity contribution in [3.05, 3.63) is 65.2 Å². The van der Waals surface area contributed by atoms with Crippen LogP contribution in [0.15, 0.2) is 48.5 Å². The highest BCUT2D eigenvalue weighted by atomic mass is 16.1. The molecule has 0 radical (unpaired) electrons. The van der Waals surface area contributed by atoms with Crippen LogP contribution in [0.1, 0.15) is 41.3 Å². The number of hydrogen-bond acceptors (Lipinski definition) is 2. The van der Waals surface area contributed by atoms with Crippen LogP contribution in [0.5, 0.6) is 0 Å². The monoisotopic (exact) mass is 281 g/mol. The van der Waals surface area contributed by atoms with E-state index in [0.29, 0.717) is 23.2 Å². The Morgan fingerprint density at radius 1 is 1.05 bits per heavy atom. The summed E-state index contributed by atoms with van der Waals surface area (Å²) in [5, 5.41) is 2.83. The maximum Gasteiger partial charge on any atom is 0.224 e. The van der Waals surface area contributed by atoms with E-state index in [1.807, 2.05) is 44.2 Å². The van der Waals surface area contributed by atoms with Gasteiger partial charge in [-0.2, -0.15) is 0 Å². The molecule has 0 aliphatic heterocycles. The largest absolute Gasteiger partial charge is 0.325 e. The number of anilines is 1. The van der Waals surface area contributed by atoms with E-state index in [2.05, 4.69) is 5.32 Å². The van der Waals surface area contributed by atoms with Gasteiger partial charge in [-0.15, -0.1) is 0 Å². The molecule has 0 aliphatic carbocycles. The highest BCUT2D eigenvalue weighted by Gasteiger charge is 2.15. The summed E-state index contributed by atoms with van der Waals surface area (Å²) in [6, 6.07) is 14.6. The summed E-state index contributed by atoms with van der Waals surface area (Å²) in [6.45, 7) is 3.88. The minimum Gasteiger partial charge on any atom is -0.325 e. The molecule has 2 aromatic rings. The summed E-state index contributed by atoms with van der Waals surface area (Å²) in [5.74, 6) is -0.144. The predicted molar refractivity (Wildman–Crippen MR) is 84.6 cm³/mol. The van der Waals surface area contributed by atoms with Crippen LogP contribution in [0.3, 0.4) is 0 Å². The molecule has 2 aromatic carbocycles. The molecule has 0 spiro atoms. The second-order valence-corrected chi connectivity index (χ2v) is 5.04. The molecule has 0 heterocycles. The molecule has 21 heavy (non-hydrogen) atoms. The summed E-state index contributed by atoms with van der Waals surface area (Å²) >= 11 is 0. The van der Waals surface area contributed by atoms with Crippen molar-refractivity contribution < 1.29 is 9.59 Å². The van der Waals surface area contributed by atoms with Crippen molar-refractivity contribution >= 4 is 17.4 Å². The number of amides is 1. The number of ketones is 1. The Morgan fingerprint density at radius 3 is 2.43 bits per heavy atom. The SMILES string of the molecule is CCCC(=O)Nc1ccc(C)cc1C(=O)c1ccccc1. The van der Waals surface area contributed by atoms with E-state index >= 15 is 0 Å². The lowest BCUT2D eigenvalue weighted by atomic mass is 9.99. The van der Waals surface area contributed by atoms with E-state index in [4.69, 9.17) is 0 Å². The first-order valence-corrected chi connectivity index (χ1v) is 7.12. The van der Waals surface area contributed by atoms with Gasteiger partial charge in [-0.1, -0.05) is 48.9 Å². The van der Waals surface area contributed by atoms with Crippen LogP contribution in [-0.4, -0.2) is 11.7 Å². The van der Waals surface area contributed by atoms with Crippen LogP contribution in [0.4, 0.5) is 5.69 Å². The van der Waals surface area contributed by atoms with Crippen molar-refractivity contribution in [1.29, 1.82) is 0 Å². The minimum absolute atomic E-state index is 0.0662. The summed E-state index contributed by atoms with van der Waals surface area (Å²) in [5.41, 5.74) is 2.72. The normalized spacial score (nSPS) is 10.2. The number of carbonyl (C=O) groups is 2. The van der Waals surface area contributed by atoms with E-state index < -0.39 is 0 Å². The molecular weight excluding hydrogens is 262 g/mol. The average molecular weight is 281 g/mol. The molecule has 1 amide bonds. The third-order valence-electron chi connectivity index (χ3n) is 3.21. The number of nitrogens with one attached hydrogen (secondary N) is 1. The molecule has 108 valence electrons. The first kappa shape index (κ1) is 15.0. The maximum absolute atomic E-state index is 12.6. The molecule has 3 nitrogen and oxygen atoms in total.